The van der Waals surface area contributed by atoms with E-state index in [0.29, 0.717) is 33.9 Å². The van der Waals surface area contributed by atoms with Crippen LogP contribution in [0, 0.1) is 0 Å². The second-order valence-corrected chi connectivity index (χ2v) is 16.3. The monoisotopic (exact) mass is 882 g/mol. The van der Waals surface area contributed by atoms with Crippen molar-refractivity contribution in [2.24, 2.45) is 0 Å². The van der Waals surface area contributed by atoms with Crippen LogP contribution in [0.1, 0.15) is 12.8 Å². The maximum atomic E-state index is 13.2. The number of nitrogens with zero attached hydrogens (tertiary/aromatic N) is 12. The second-order valence-electron chi connectivity index (χ2n) is 15.9. The predicted octanol–water partition coefficient (Wildman–Crippen LogP) is 4.82. The van der Waals surface area contributed by atoms with Gasteiger partial charge in [0.15, 0.2) is 23.3 Å². The zero-order valence-corrected chi connectivity index (χ0v) is 36.6. The van der Waals surface area contributed by atoms with Gasteiger partial charge in [-0.1, -0.05) is 35.9 Å². The van der Waals surface area contributed by atoms with Crippen molar-refractivity contribution < 1.29 is 19.6 Å². The molecule has 2 fully saturated rings. The molecule has 4 amide bonds. The lowest BCUT2D eigenvalue weighted by molar-refractivity contribution is 0.254. The predicted molar refractivity (Wildman–Crippen MR) is 252 cm³/mol. The average Bonchev–Trinajstić information content (AvgIpc) is 3.92. The van der Waals surface area contributed by atoms with Crippen molar-refractivity contribution in [2.45, 2.75) is 24.9 Å². The molecule has 6 aromatic rings. The van der Waals surface area contributed by atoms with Crippen molar-refractivity contribution >= 4 is 82.3 Å². The van der Waals surface area contributed by atoms with Gasteiger partial charge in [0.1, 0.15) is 5.15 Å². The van der Waals surface area contributed by atoms with Gasteiger partial charge in [-0.25, -0.2) is 29.5 Å². The summed E-state index contributed by atoms with van der Waals surface area (Å²) in [4.78, 5) is 63.3. The number of aromatic nitrogens is 6. The number of nitrogens with one attached hydrogen (secondary N) is 2. The van der Waals surface area contributed by atoms with Gasteiger partial charge in [0.2, 0.25) is 0 Å². The lowest BCUT2D eigenvalue weighted by Crippen LogP contribution is -2.48. The zero-order chi connectivity index (χ0) is 44.9. The van der Waals surface area contributed by atoms with Crippen LogP contribution in [-0.4, -0.2) is 126 Å². The highest BCUT2D eigenvalue weighted by atomic mass is 35.5. The number of rotatable bonds is 6. The van der Waals surface area contributed by atoms with E-state index in [-0.39, 0.29) is 24.1 Å². The fourth-order valence-corrected chi connectivity index (χ4v) is 8.20. The molecule has 64 heavy (non-hydrogen) atoms. The Labute approximate surface area is 376 Å². The molecular formula is C44H48BClN14O4. The Morgan fingerprint density at radius 3 is 1.75 bits per heavy atom. The van der Waals surface area contributed by atoms with Crippen LogP contribution in [0.3, 0.4) is 0 Å². The number of carbonyl (C=O) groups excluding carboxylic acids is 2. The summed E-state index contributed by atoms with van der Waals surface area (Å²) in [5, 5.41) is 23.7. The molecule has 20 heteroatoms. The zero-order valence-electron chi connectivity index (χ0n) is 35.8. The summed E-state index contributed by atoms with van der Waals surface area (Å²) in [6.45, 7) is 3.46. The first kappa shape index (κ1) is 43.6. The van der Waals surface area contributed by atoms with Gasteiger partial charge in [-0.05, 0) is 66.8 Å². The lowest BCUT2D eigenvalue weighted by atomic mass is 9.80. The normalized spacial score (nSPS) is 16.3. The van der Waals surface area contributed by atoms with E-state index in [9.17, 15) is 9.59 Å². The number of hydrogen-bond donors (Lipinski definition) is 4. The molecule has 0 aliphatic carbocycles. The van der Waals surface area contributed by atoms with Gasteiger partial charge in [0.25, 0.3) is 0 Å². The molecule has 2 aromatic carbocycles. The molecule has 0 radical (unpaired) electrons. The number of benzene rings is 2. The summed E-state index contributed by atoms with van der Waals surface area (Å²) in [6.07, 6.45) is 11.1. The Morgan fingerprint density at radius 2 is 1.22 bits per heavy atom. The van der Waals surface area contributed by atoms with Crippen LogP contribution in [0.4, 0.5) is 55.6 Å². The topological polar surface area (TPSA) is 195 Å². The first-order valence-electron chi connectivity index (χ1n) is 20.7. The van der Waals surface area contributed by atoms with Crippen LogP contribution < -0.4 is 45.5 Å². The van der Waals surface area contributed by atoms with E-state index in [2.05, 4.69) is 68.5 Å². The van der Waals surface area contributed by atoms with E-state index in [1.54, 1.807) is 58.9 Å². The summed E-state index contributed by atoms with van der Waals surface area (Å²) in [5.41, 5.74) is 6.37. The molecule has 0 spiro atoms. The second kappa shape index (κ2) is 19.1. The summed E-state index contributed by atoms with van der Waals surface area (Å²) in [7, 11) is 6.46. The van der Waals surface area contributed by atoms with Crippen molar-refractivity contribution in [3.63, 3.8) is 0 Å². The first-order valence-corrected chi connectivity index (χ1v) is 21.1. The molecule has 0 unspecified atom stereocenters. The fourth-order valence-electron chi connectivity index (χ4n) is 8.05. The highest BCUT2D eigenvalue weighted by molar-refractivity contribution is 6.58. The lowest BCUT2D eigenvalue weighted by Gasteiger charge is -2.35. The average molecular weight is 883 g/mol. The van der Waals surface area contributed by atoms with Gasteiger partial charge < -0.3 is 29.6 Å². The minimum absolute atomic E-state index is 0.0880. The third kappa shape index (κ3) is 9.61. The molecule has 2 atom stereocenters. The van der Waals surface area contributed by atoms with Crippen molar-refractivity contribution in [1.29, 1.82) is 0 Å². The molecule has 4 aliphatic rings. The molecule has 4 aromatic heterocycles. The molecular weight excluding hydrogens is 835 g/mol. The Morgan fingerprint density at radius 1 is 0.688 bits per heavy atom. The number of carbonyl (C=O) groups is 2. The number of urea groups is 2. The Bertz CT molecular complexity index is 2570. The minimum Gasteiger partial charge on any atom is -0.423 e. The maximum absolute atomic E-state index is 13.2. The van der Waals surface area contributed by atoms with Crippen LogP contribution >= 0.6 is 11.6 Å². The molecule has 4 bridgehead atoms. The van der Waals surface area contributed by atoms with E-state index in [0.717, 1.165) is 73.0 Å². The van der Waals surface area contributed by atoms with E-state index in [4.69, 9.17) is 26.6 Å². The molecule has 10 rings (SSSR count). The SMILES string of the molecule is CN(C)c1cccc(-c2ccc3c(n2)N(C(=O)Nc2cnccn2)[C@H]2CCN3C2)c1.CN(C)c1cccc(B(O)O)c1.O=C(Nc1cnccn1)N1c2nc(Cl)ccc2N2CC[C@H]1C2. The fraction of sp³-hybridized carbons (Fsp3) is 0.273. The number of halogens is 1. The standard InChI is InChI=1S/C22H23N7O.C14H13ClN6O.C8H12BNO2/c1-27(2)16-5-3-4-15(12-16)18-6-7-19-21(25-18)29(17-8-11-28(19)14-17)22(30)26-20-13-23-9-10-24-20;15-11-2-1-10-13(18-11)21(9-3-6-20(10)8-9)14(22)19-12-7-16-4-5-17-12;1-10(2)8-5-3-4-7(6-8)9(11)12/h3-7,9-10,12-13,17H,8,11,14H2,1-2H3,(H,24,26,30);1-2,4-5,7,9H,3,6,8H2,(H,17,19,22);3-6,11-12H,1-2H3/t17-;9-;/m00./s1. The quantitative estimate of drug-likeness (QED) is 0.131. The third-order valence-corrected chi connectivity index (χ3v) is 11.5. The van der Waals surface area contributed by atoms with Gasteiger partial charge in [-0.3, -0.25) is 30.4 Å². The van der Waals surface area contributed by atoms with Crippen molar-refractivity contribution in [2.75, 3.05) is 94.4 Å². The largest absolute Gasteiger partial charge is 0.488 e. The van der Waals surface area contributed by atoms with Crippen LogP contribution in [0.15, 0.2) is 110 Å². The highest BCUT2D eigenvalue weighted by Gasteiger charge is 2.41. The molecule has 2 saturated heterocycles. The van der Waals surface area contributed by atoms with Gasteiger partial charge in [-0.15, -0.1) is 0 Å². The van der Waals surface area contributed by atoms with Crippen LogP contribution in [-0.2, 0) is 0 Å². The molecule has 4 N–H and O–H groups in total. The van der Waals surface area contributed by atoms with Crippen molar-refractivity contribution in [1.82, 2.24) is 29.9 Å². The van der Waals surface area contributed by atoms with Gasteiger partial charge in [-0.2, -0.15) is 0 Å². The molecule has 0 saturated carbocycles. The summed E-state index contributed by atoms with van der Waals surface area (Å²) in [6, 6.07) is 22.8. The molecule has 18 nitrogen and oxygen atoms in total. The van der Waals surface area contributed by atoms with Crippen molar-refractivity contribution in [3.05, 3.63) is 115 Å². The number of amides is 4. The van der Waals surface area contributed by atoms with E-state index in [1.807, 2.05) is 63.4 Å². The Kier molecular flexibility index (Phi) is 13.0. The van der Waals surface area contributed by atoms with Crippen LogP contribution in [0.25, 0.3) is 11.3 Å². The number of hydrogen-bond acceptors (Lipinski definition) is 14. The Hall–Kier alpha value is -7.09. The number of anilines is 8. The van der Waals surface area contributed by atoms with E-state index < -0.39 is 7.12 Å². The molecule has 8 heterocycles. The van der Waals surface area contributed by atoms with Gasteiger partial charge in [0, 0.05) is 96.1 Å². The molecule has 328 valence electrons. The molecule has 4 aliphatic heterocycles. The highest BCUT2D eigenvalue weighted by Crippen LogP contribution is 2.41. The van der Waals surface area contributed by atoms with E-state index in [1.165, 1.54) is 12.4 Å². The first-order chi connectivity index (χ1) is 30.9. The Balaban J connectivity index is 0.000000144. The van der Waals surface area contributed by atoms with Crippen LogP contribution in [0.5, 0.6) is 0 Å². The number of fused-ring (bicyclic) bond motifs is 8. The van der Waals surface area contributed by atoms with Crippen LogP contribution in [0.2, 0.25) is 5.15 Å². The van der Waals surface area contributed by atoms with Gasteiger partial charge in [0.05, 0.1) is 41.5 Å². The third-order valence-electron chi connectivity index (χ3n) is 11.2. The van der Waals surface area contributed by atoms with E-state index >= 15 is 0 Å². The smallest absolute Gasteiger partial charge is 0.423 e. The summed E-state index contributed by atoms with van der Waals surface area (Å²) in [5.74, 6) is 2.14. The summed E-state index contributed by atoms with van der Waals surface area (Å²) < 4.78 is 0. The maximum Gasteiger partial charge on any atom is 0.488 e. The van der Waals surface area contributed by atoms with Gasteiger partial charge >= 0.3 is 19.2 Å². The minimum atomic E-state index is -1.38. The van der Waals surface area contributed by atoms with Crippen molar-refractivity contribution in [3.8, 4) is 11.3 Å². The number of pyridine rings is 2. The summed E-state index contributed by atoms with van der Waals surface area (Å²) >= 11 is 6.01.